The number of aromatic carboxylic acids is 1. The van der Waals surface area contributed by atoms with Gasteiger partial charge in [-0.05, 0) is 0 Å². The van der Waals surface area contributed by atoms with Crippen LogP contribution in [0.3, 0.4) is 0 Å². The molecule has 0 bridgehead atoms. The van der Waals surface area contributed by atoms with Crippen molar-refractivity contribution in [1.82, 2.24) is 14.8 Å². The molecule has 102 valence electrons. The molecule has 0 spiro atoms. The van der Waals surface area contributed by atoms with E-state index in [1.807, 2.05) is 0 Å². The van der Waals surface area contributed by atoms with E-state index in [0.29, 0.717) is 11.0 Å². The summed E-state index contributed by atoms with van der Waals surface area (Å²) in [5, 5.41) is 13.5. The minimum Gasteiger partial charge on any atom is -0.478 e. The number of halogens is 2. The van der Waals surface area contributed by atoms with E-state index in [9.17, 15) is 13.6 Å². The lowest BCUT2D eigenvalue weighted by atomic mass is 10.1. The van der Waals surface area contributed by atoms with Crippen molar-refractivity contribution in [3.8, 4) is 0 Å². The van der Waals surface area contributed by atoms with Crippen LogP contribution >= 0.6 is 0 Å². The molecule has 0 amide bonds. The first kappa shape index (κ1) is 13.2. The molecule has 1 N–H and O–H groups in total. The molecule has 0 radical (unpaired) electrons. The molecule has 0 unspecified atom stereocenters. The molecule has 0 atom stereocenters. The summed E-state index contributed by atoms with van der Waals surface area (Å²) in [5.74, 6) is -1.21. The van der Waals surface area contributed by atoms with Gasteiger partial charge in [0.1, 0.15) is 5.56 Å². The maximum atomic E-state index is 12.5. The number of carbonyl (C=O) groups is 1. The van der Waals surface area contributed by atoms with Crippen LogP contribution in [0.4, 0.5) is 14.5 Å². The zero-order chi connectivity index (χ0) is 14.2. The number of aryl methyl sites for hydroxylation is 1. The Morgan fingerprint density at radius 3 is 2.79 bits per heavy atom. The number of nitrogens with zero attached hydrogens (tertiary/aromatic N) is 4. The lowest BCUT2D eigenvalue weighted by Gasteiger charge is -2.21. The van der Waals surface area contributed by atoms with Crippen molar-refractivity contribution in [2.75, 3.05) is 18.5 Å². The molecule has 2 rings (SSSR count). The van der Waals surface area contributed by atoms with Crippen molar-refractivity contribution in [1.29, 1.82) is 0 Å². The van der Waals surface area contributed by atoms with Crippen molar-refractivity contribution < 1.29 is 18.7 Å². The van der Waals surface area contributed by atoms with Crippen molar-refractivity contribution in [3.63, 3.8) is 0 Å². The maximum absolute atomic E-state index is 12.5. The van der Waals surface area contributed by atoms with Crippen LogP contribution in [0.5, 0.6) is 0 Å². The van der Waals surface area contributed by atoms with Crippen molar-refractivity contribution in [2.24, 2.45) is 7.05 Å². The van der Waals surface area contributed by atoms with Crippen LogP contribution in [0.1, 0.15) is 10.4 Å². The Bertz CT molecular complexity index is 626. The molecule has 8 heteroatoms. The van der Waals surface area contributed by atoms with Crippen molar-refractivity contribution >= 4 is 22.7 Å². The lowest BCUT2D eigenvalue weighted by molar-refractivity contribution is 0.0696. The smallest absolute Gasteiger partial charge is 0.339 e. The van der Waals surface area contributed by atoms with Gasteiger partial charge in [0.2, 0.25) is 0 Å². The zero-order valence-corrected chi connectivity index (χ0v) is 10.3. The molecule has 0 saturated carbocycles. The monoisotopic (exact) mass is 270 g/mol. The Morgan fingerprint density at radius 2 is 2.21 bits per heavy atom. The predicted molar refractivity (Wildman–Crippen MR) is 64.7 cm³/mol. The van der Waals surface area contributed by atoms with Crippen molar-refractivity contribution in [2.45, 2.75) is 6.43 Å². The second-order valence-electron chi connectivity index (χ2n) is 4.10. The molecule has 0 saturated heterocycles. The summed E-state index contributed by atoms with van der Waals surface area (Å²) in [7, 11) is 3.06. The summed E-state index contributed by atoms with van der Waals surface area (Å²) in [6.07, 6.45) is 0.0157. The highest BCUT2D eigenvalue weighted by Gasteiger charge is 2.21. The molecule has 2 aromatic heterocycles. The summed E-state index contributed by atoms with van der Waals surface area (Å²) in [4.78, 5) is 16.4. The van der Waals surface area contributed by atoms with Gasteiger partial charge in [0, 0.05) is 20.3 Å². The fourth-order valence-corrected chi connectivity index (χ4v) is 1.95. The summed E-state index contributed by atoms with van der Waals surface area (Å²) in [6.45, 7) is -0.561. The van der Waals surface area contributed by atoms with E-state index in [0.717, 1.165) is 6.20 Å². The normalized spacial score (nSPS) is 11.2. The van der Waals surface area contributed by atoms with Gasteiger partial charge in [0.15, 0.2) is 5.65 Å². The van der Waals surface area contributed by atoms with Gasteiger partial charge in [0.25, 0.3) is 6.43 Å². The maximum Gasteiger partial charge on any atom is 0.339 e. The molecule has 6 nitrogen and oxygen atoms in total. The summed E-state index contributed by atoms with van der Waals surface area (Å²) in [5.41, 5.74) is 0.524. The van der Waals surface area contributed by atoms with Crippen LogP contribution < -0.4 is 4.90 Å². The third-order valence-corrected chi connectivity index (χ3v) is 2.76. The molecule has 19 heavy (non-hydrogen) atoms. The number of fused-ring (bicyclic) bond motifs is 1. The first-order chi connectivity index (χ1) is 8.91. The van der Waals surface area contributed by atoms with E-state index < -0.39 is 18.9 Å². The fourth-order valence-electron chi connectivity index (χ4n) is 1.95. The second kappa shape index (κ2) is 4.79. The van der Waals surface area contributed by atoms with E-state index in [1.54, 1.807) is 7.05 Å². The minimum absolute atomic E-state index is 0.122. The molecular formula is C11H12F2N4O2. The van der Waals surface area contributed by atoms with Gasteiger partial charge in [-0.3, -0.25) is 4.68 Å². The van der Waals surface area contributed by atoms with E-state index in [-0.39, 0.29) is 11.3 Å². The fraction of sp³-hybridized carbons (Fsp3) is 0.364. The standard InChI is InChI=1S/C11H12F2N4O2/c1-16(5-8(12)13)9-6-4-15-17(2)10(6)14-3-7(9)11(18)19/h3-4,8H,5H2,1-2H3,(H,18,19). The topological polar surface area (TPSA) is 71.2 Å². The highest BCUT2D eigenvalue weighted by atomic mass is 19.3. The number of rotatable bonds is 4. The summed E-state index contributed by atoms with van der Waals surface area (Å²) >= 11 is 0. The molecule has 2 aromatic rings. The number of aromatic nitrogens is 3. The van der Waals surface area contributed by atoms with Crippen molar-refractivity contribution in [3.05, 3.63) is 18.0 Å². The molecule has 0 fully saturated rings. The third kappa shape index (κ3) is 2.33. The number of carboxylic acid groups (broad SMARTS) is 1. The van der Waals surface area contributed by atoms with Crippen LogP contribution in [0.2, 0.25) is 0 Å². The van der Waals surface area contributed by atoms with Crippen LogP contribution in [0.15, 0.2) is 12.4 Å². The molecule has 0 aromatic carbocycles. The largest absolute Gasteiger partial charge is 0.478 e. The molecule has 0 aliphatic rings. The van der Waals surface area contributed by atoms with E-state index in [1.165, 1.54) is 22.8 Å². The quantitative estimate of drug-likeness (QED) is 0.908. The number of hydrogen-bond donors (Lipinski definition) is 1. The average Bonchev–Trinajstić information content (AvgIpc) is 2.69. The Labute approximate surface area is 107 Å². The van der Waals surface area contributed by atoms with Crippen LogP contribution in [-0.2, 0) is 7.05 Å². The third-order valence-electron chi connectivity index (χ3n) is 2.76. The highest BCUT2D eigenvalue weighted by Crippen LogP contribution is 2.29. The SMILES string of the molecule is CN(CC(F)F)c1c(C(=O)O)cnc2c1cnn2C. The molecule has 2 heterocycles. The lowest BCUT2D eigenvalue weighted by Crippen LogP contribution is -2.26. The average molecular weight is 270 g/mol. The Kier molecular flexibility index (Phi) is 3.32. The Balaban J connectivity index is 2.65. The molecule has 0 aliphatic carbocycles. The number of pyridine rings is 1. The number of alkyl halides is 2. The van der Waals surface area contributed by atoms with Crippen LogP contribution in [-0.4, -0.2) is 45.9 Å². The van der Waals surface area contributed by atoms with Crippen LogP contribution in [0.25, 0.3) is 11.0 Å². The van der Waals surface area contributed by atoms with Gasteiger partial charge in [-0.15, -0.1) is 0 Å². The van der Waals surface area contributed by atoms with Gasteiger partial charge in [-0.25, -0.2) is 18.6 Å². The molecule has 0 aliphatic heterocycles. The number of carboxylic acids is 1. The molecular weight excluding hydrogens is 258 g/mol. The van der Waals surface area contributed by atoms with E-state index >= 15 is 0 Å². The zero-order valence-electron chi connectivity index (χ0n) is 10.3. The predicted octanol–water partition coefficient (Wildman–Crippen LogP) is 1.37. The minimum atomic E-state index is -2.56. The van der Waals surface area contributed by atoms with Gasteiger partial charge >= 0.3 is 5.97 Å². The van der Waals surface area contributed by atoms with Gasteiger partial charge in [-0.1, -0.05) is 0 Å². The van der Waals surface area contributed by atoms with Gasteiger partial charge < -0.3 is 10.0 Å². The van der Waals surface area contributed by atoms with E-state index in [2.05, 4.69) is 10.1 Å². The number of anilines is 1. The second-order valence-corrected chi connectivity index (χ2v) is 4.10. The number of hydrogen-bond acceptors (Lipinski definition) is 4. The Morgan fingerprint density at radius 1 is 1.53 bits per heavy atom. The van der Waals surface area contributed by atoms with Gasteiger partial charge in [-0.2, -0.15) is 5.10 Å². The van der Waals surface area contributed by atoms with Gasteiger partial charge in [0.05, 0.1) is 23.8 Å². The Hall–Kier alpha value is -2.25. The summed E-state index contributed by atoms with van der Waals surface area (Å²) < 4.78 is 26.4. The highest BCUT2D eigenvalue weighted by molar-refractivity contribution is 6.03. The van der Waals surface area contributed by atoms with E-state index in [4.69, 9.17) is 5.11 Å². The summed E-state index contributed by atoms with van der Waals surface area (Å²) in [6, 6.07) is 0. The van der Waals surface area contributed by atoms with Crippen LogP contribution in [0, 0.1) is 0 Å². The first-order valence-corrected chi connectivity index (χ1v) is 5.45. The first-order valence-electron chi connectivity index (χ1n) is 5.45.